The van der Waals surface area contributed by atoms with Crippen LogP contribution in [0.4, 0.5) is 11.4 Å². The molecule has 0 radical (unpaired) electrons. The summed E-state index contributed by atoms with van der Waals surface area (Å²) in [6, 6.07) is 6.93. The molecule has 0 aromatic heterocycles. The van der Waals surface area contributed by atoms with Gasteiger partial charge >= 0.3 is 0 Å². The van der Waals surface area contributed by atoms with Crippen molar-refractivity contribution in [3.05, 3.63) is 23.8 Å². The first kappa shape index (κ1) is 11.6. The molecule has 2 atom stereocenters. The van der Waals surface area contributed by atoms with Crippen molar-refractivity contribution in [2.24, 2.45) is 0 Å². The Labute approximate surface area is 102 Å². The van der Waals surface area contributed by atoms with Gasteiger partial charge in [0.15, 0.2) is 0 Å². The highest BCUT2D eigenvalue weighted by Crippen LogP contribution is 2.30. The summed E-state index contributed by atoms with van der Waals surface area (Å²) in [4.78, 5) is 2.48. The highest BCUT2D eigenvalue weighted by molar-refractivity contribution is 8.00. The zero-order valence-electron chi connectivity index (χ0n) is 10.2. The Kier molecular flexibility index (Phi) is 3.33. The molecule has 0 amide bonds. The first-order valence-corrected chi connectivity index (χ1v) is 6.88. The van der Waals surface area contributed by atoms with E-state index in [1.54, 1.807) is 0 Å². The summed E-state index contributed by atoms with van der Waals surface area (Å²) in [7, 11) is 0. The number of hydrogen-bond acceptors (Lipinski definition) is 3. The van der Waals surface area contributed by atoms with Crippen LogP contribution in [0.2, 0.25) is 0 Å². The van der Waals surface area contributed by atoms with Crippen LogP contribution in [0.5, 0.6) is 0 Å². The molecule has 0 spiro atoms. The van der Waals surface area contributed by atoms with Gasteiger partial charge in [-0.15, -0.1) is 0 Å². The average molecular weight is 236 g/mol. The van der Waals surface area contributed by atoms with Gasteiger partial charge in [0.05, 0.1) is 0 Å². The van der Waals surface area contributed by atoms with Crippen LogP contribution in [0.15, 0.2) is 18.2 Å². The number of thioether (sulfide) groups is 1. The number of nitrogens with two attached hydrogens (primary N) is 1. The fourth-order valence-electron chi connectivity index (χ4n) is 2.26. The lowest BCUT2D eigenvalue weighted by atomic mass is 10.1. The summed E-state index contributed by atoms with van der Waals surface area (Å²) in [5.41, 5.74) is 9.30. The number of nitrogens with zero attached hydrogens (tertiary/aromatic N) is 1. The molecule has 2 N–H and O–H groups in total. The van der Waals surface area contributed by atoms with E-state index in [1.165, 1.54) is 17.0 Å². The Morgan fingerprint density at radius 3 is 2.75 bits per heavy atom. The van der Waals surface area contributed by atoms with E-state index in [4.69, 9.17) is 5.73 Å². The lowest BCUT2D eigenvalue weighted by Gasteiger charge is -2.39. The van der Waals surface area contributed by atoms with Crippen LogP contribution in [0.25, 0.3) is 0 Å². The topological polar surface area (TPSA) is 29.3 Å². The first-order chi connectivity index (χ1) is 7.58. The quantitative estimate of drug-likeness (QED) is 0.760. The second-order valence-corrected chi connectivity index (χ2v) is 6.10. The third-order valence-corrected chi connectivity index (χ3v) is 4.64. The van der Waals surface area contributed by atoms with Crippen molar-refractivity contribution in [2.45, 2.75) is 32.1 Å². The van der Waals surface area contributed by atoms with Crippen LogP contribution in [-0.4, -0.2) is 23.6 Å². The Morgan fingerprint density at radius 2 is 2.06 bits per heavy atom. The van der Waals surface area contributed by atoms with Crippen molar-refractivity contribution >= 4 is 23.1 Å². The molecule has 16 heavy (non-hydrogen) atoms. The minimum absolute atomic E-state index is 0.583. The Hall–Kier alpha value is -0.830. The van der Waals surface area contributed by atoms with Gasteiger partial charge in [-0.25, -0.2) is 0 Å². The van der Waals surface area contributed by atoms with Crippen molar-refractivity contribution in [2.75, 3.05) is 22.9 Å². The Bertz CT molecular complexity index is 358. The molecule has 1 aromatic rings. The molecule has 3 heteroatoms. The van der Waals surface area contributed by atoms with Crippen molar-refractivity contribution in [3.63, 3.8) is 0 Å². The second-order valence-electron chi connectivity index (χ2n) is 4.61. The standard InChI is InChI=1S/C13H20N2S/c1-9-6-12(14)8-13(7-9)15-4-5-16-11(3)10(15)2/h6-8,10-11H,4-5,14H2,1-3H3. The summed E-state index contributed by atoms with van der Waals surface area (Å²) in [6.45, 7) is 7.84. The van der Waals surface area contributed by atoms with E-state index < -0.39 is 0 Å². The largest absolute Gasteiger partial charge is 0.399 e. The summed E-state index contributed by atoms with van der Waals surface area (Å²) in [5.74, 6) is 1.21. The Balaban J connectivity index is 2.28. The molecule has 1 fully saturated rings. The maximum Gasteiger partial charge on any atom is 0.0392 e. The van der Waals surface area contributed by atoms with Crippen LogP contribution in [0.1, 0.15) is 19.4 Å². The molecule has 2 unspecified atom stereocenters. The molecule has 1 aromatic carbocycles. The number of hydrogen-bond donors (Lipinski definition) is 1. The van der Waals surface area contributed by atoms with Gasteiger partial charge in [-0.3, -0.25) is 0 Å². The summed E-state index contributed by atoms with van der Waals surface area (Å²) >= 11 is 2.06. The molecule has 1 aliphatic heterocycles. The van der Waals surface area contributed by atoms with Gasteiger partial charge in [-0.05, 0) is 37.6 Å². The second kappa shape index (κ2) is 4.58. The minimum Gasteiger partial charge on any atom is -0.399 e. The smallest absolute Gasteiger partial charge is 0.0392 e. The highest BCUT2D eigenvalue weighted by atomic mass is 32.2. The lowest BCUT2D eigenvalue weighted by Crippen LogP contribution is -2.44. The van der Waals surface area contributed by atoms with E-state index in [0.717, 1.165) is 12.2 Å². The van der Waals surface area contributed by atoms with Crippen LogP contribution in [-0.2, 0) is 0 Å². The van der Waals surface area contributed by atoms with E-state index in [2.05, 4.69) is 49.6 Å². The molecule has 1 saturated heterocycles. The number of nitrogen functional groups attached to an aromatic ring is 1. The highest BCUT2D eigenvalue weighted by Gasteiger charge is 2.25. The predicted molar refractivity (Wildman–Crippen MR) is 74.3 cm³/mol. The number of anilines is 2. The molecule has 1 aliphatic rings. The maximum absolute atomic E-state index is 5.91. The number of rotatable bonds is 1. The van der Waals surface area contributed by atoms with Gasteiger partial charge in [0.2, 0.25) is 0 Å². The van der Waals surface area contributed by atoms with E-state index in [1.807, 2.05) is 6.07 Å². The average Bonchev–Trinajstić information content (AvgIpc) is 2.20. The van der Waals surface area contributed by atoms with E-state index in [0.29, 0.717) is 11.3 Å². The van der Waals surface area contributed by atoms with E-state index in [-0.39, 0.29) is 0 Å². The van der Waals surface area contributed by atoms with Gasteiger partial charge in [0, 0.05) is 35.0 Å². The first-order valence-electron chi connectivity index (χ1n) is 5.83. The molecule has 0 saturated carbocycles. The fourth-order valence-corrected chi connectivity index (χ4v) is 3.35. The van der Waals surface area contributed by atoms with Crippen LogP contribution in [0.3, 0.4) is 0 Å². The zero-order valence-corrected chi connectivity index (χ0v) is 11.1. The van der Waals surface area contributed by atoms with Gasteiger partial charge in [0.1, 0.15) is 0 Å². The number of aryl methyl sites for hydroxylation is 1. The third kappa shape index (κ3) is 2.29. The van der Waals surface area contributed by atoms with Crippen molar-refractivity contribution in [1.82, 2.24) is 0 Å². The van der Waals surface area contributed by atoms with Gasteiger partial charge < -0.3 is 10.6 Å². The summed E-state index contributed by atoms with van der Waals surface area (Å²) < 4.78 is 0. The van der Waals surface area contributed by atoms with Crippen molar-refractivity contribution < 1.29 is 0 Å². The molecular weight excluding hydrogens is 216 g/mol. The minimum atomic E-state index is 0.583. The lowest BCUT2D eigenvalue weighted by molar-refractivity contribution is 0.627. The molecule has 0 aliphatic carbocycles. The SMILES string of the molecule is Cc1cc(N)cc(N2CCSC(C)C2C)c1. The molecule has 1 heterocycles. The van der Waals surface area contributed by atoms with Crippen molar-refractivity contribution in [1.29, 1.82) is 0 Å². The Morgan fingerprint density at radius 1 is 1.31 bits per heavy atom. The van der Waals surface area contributed by atoms with Crippen LogP contribution in [0, 0.1) is 6.92 Å². The van der Waals surface area contributed by atoms with Gasteiger partial charge in [-0.1, -0.05) is 6.92 Å². The zero-order chi connectivity index (χ0) is 11.7. The third-order valence-electron chi connectivity index (χ3n) is 3.30. The van der Waals surface area contributed by atoms with Crippen molar-refractivity contribution in [3.8, 4) is 0 Å². The fraction of sp³-hybridized carbons (Fsp3) is 0.538. The van der Waals surface area contributed by atoms with Gasteiger partial charge in [0.25, 0.3) is 0 Å². The normalized spacial score (nSPS) is 25.8. The molecule has 2 nitrogen and oxygen atoms in total. The maximum atomic E-state index is 5.91. The summed E-state index contributed by atoms with van der Waals surface area (Å²) in [5, 5.41) is 0.690. The number of benzene rings is 1. The van der Waals surface area contributed by atoms with E-state index in [9.17, 15) is 0 Å². The molecule has 2 rings (SSSR count). The monoisotopic (exact) mass is 236 g/mol. The van der Waals surface area contributed by atoms with Crippen LogP contribution >= 0.6 is 11.8 Å². The van der Waals surface area contributed by atoms with Gasteiger partial charge in [-0.2, -0.15) is 11.8 Å². The molecular formula is C13H20N2S. The molecule has 88 valence electrons. The van der Waals surface area contributed by atoms with Crippen LogP contribution < -0.4 is 10.6 Å². The van der Waals surface area contributed by atoms with E-state index >= 15 is 0 Å². The molecule has 0 bridgehead atoms. The summed E-state index contributed by atoms with van der Waals surface area (Å²) in [6.07, 6.45) is 0. The predicted octanol–water partition coefficient (Wildman–Crippen LogP) is 2.91.